The first-order valence-electron chi connectivity index (χ1n) is 12.4. The molecular formula is C22H26Cl2N8O14. The molecule has 22 nitrogen and oxygen atoms in total. The Morgan fingerprint density at radius 2 is 0.913 bits per heavy atom. The first kappa shape index (κ1) is 40.7. The topological polar surface area (TPSA) is 314 Å². The number of halogens is 2. The molecule has 1 unspecified atom stereocenters. The molecule has 0 aliphatic heterocycles. The summed E-state index contributed by atoms with van der Waals surface area (Å²) in [5.41, 5.74) is -6.53. The highest BCUT2D eigenvalue weighted by Crippen LogP contribution is 2.37. The molecule has 0 fully saturated rings. The minimum atomic E-state index is -1.46. The molecule has 0 aromatic heterocycles. The van der Waals surface area contributed by atoms with Gasteiger partial charge in [0.15, 0.2) is 0 Å². The number of benzene rings is 2. The van der Waals surface area contributed by atoms with E-state index in [9.17, 15) is 70.9 Å². The van der Waals surface area contributed by atoms with Gasteiger partial charge in [0.2, 0.25) is 0 Å². The van der Waals surface area contributed by atoms with Gasteiger partial charge in [-0.05, 0) is 6.08 Å². The molecule has 0 aliphatic rings. The van der Waals surface area contributed by atoms with Gasteiger partial charge in [-0.3, -0.25) is 60.7 Å². The van der Waals surface area contributed by atoms with Crippen LogP contribution in [-0.4, -0.2) is 81.1 Å². The van der Waals surface area contributed by atoms with Crippen LogP contribution in [0.4, 0.5) is 34.1 Å². The summed E-state index contributed by atoms with van der Waals surface area (Å²) >= 11 is 11.4. The fourth-order valence-corrected chi connectivity index (χ4v) is 3.84. The van der Waals surface area contributed by atoms with Crippen molar-refractivity contribution in [2.45, 2.75) is 0 Å². The van der Waals surface area contributed by atoms with Crippen LogP contribution in [0.1, 0.15) is 0 Å². The molecule has 0 bridgehead atoms. The third-order valence-electron chi connectivity index (χ3n) is 5.57. The van der Waals surface area contributed by atoms with Crippen LogP contribution in [0.2, 0.25) is 0 Å². The Kier molecular flexibility index (Phi) is 17.6. The number of likely N-dealkylation sites (N-methyl/N-ethyl adjacent to an activating group) is 1. The highest BCUT2D eigenvalue weighted by molar-refractivity contribution is 6.18. The van der Waals surface area contributed by atoms with Gasteiger partial charge in [0, 0.05) is 0 Å². The fourth-order valence-electron chi connectivity index (χ4n) is 3.30. The molecule has 2 N–H and O–H groups in total. The van der Waals surface area contributed by atoms with E-state index in [2.05, 4.69) is 13.6 Å². The predicted octanol–water partition coefficient (Wildman–Crippen LogP) is 0.0192. The van der Waals surface area contributed by atoms with Crippen molar-refractivity contribution < 1.29 is 49.6 Å². The number of hydrogen-bond donors (Lipinski definition) is 2. The molecule has 2 aromatic carbocycles. The van der Waals surface area contributed by atoms with Crippen LogP contribution in [0.15, 0.2) is 36.9 Å². The van der Waals surface area contributed by atoms with Crippen molar-refractivity contribution in [1.29, 1.82) is 0 Å². The number of nitrogens with zero attached hydrogens (tertiary/aromatic N) is 6. The minimum absolute atomic E-state index is 0.384. The smallest absolute Gasteiger partial charge is 0.283 e. The Bertz CT molecular complexity index is 1290. The zero-order valence-corrected chi connectivity index (χ0v) is 25.2. The van der Waals surface area contributed by atoms with E-state index in [4.69, 9.17) is 23.2 Å². The van der Waals surface area contributed by atoms with Gasteiger partial charge < -0.3 is 20.0 Å². The number of nitro groups is 6. The highest BCUT2D eigenvalue weighted by Gasteiger charge is 2.25. The summed E-state index contributed by atoms with van der Waals surface area (Å²) in [6.45, 7) is 9.06. The van der Waals surface area contributed by atoms with E-state index >= 15 is 0 Å². The molecular weight excluding hydrogens is 671 g/mol. The average molecular weight is 697 g/mol. The number of non-ortho nitro benzene ring substituents is 2. The van der Waals surface area contributed by atoms with Gasteiger partial charge in [-0.15, -0.1) is 23.2 Å². The second-order valence-corrected chi connectivity index (χ2v) is 9.50. The normalized spacial score (nSPS) is 10.8. The van der Waals surface area contributed by atoms with Crippen LogP contribution in [-0.2, 0) is 0 Å². The predicted molar refractivity (Wildman–Crippen MR) is 156 cm³/mol. The molecule has 2 aromatic rings. The number of alkyl halides is 2. The van der Waals surface area contributed by atoms with Crippen molar-refractivity contribution in [3.63, 3.8) is 0 Å². The number of quaternary nitrogens is 2. The first-order chi connectivity index (χ1) is 21.4. The number of nitrogens with one attached hydrogen (secondary N) is 2. The molecule has 252 valence electrons. The minimum Gasteiger partial charge on any atom is -0.863 e. The monoisotopic (exact) mass is 696 g/mol. The van der Waals surface area contributed by atoms with Crippen molar-refractivity contribution in [3.8, 4) is 11.5 Å². The number of rotatable bonds is 15. The maximum Gasteiger partial charge on any atom is 0.283 e. The van der Waals surface area contributed by atoms with Gasteiger partial charge in [-0.25, -0.2) is 0 Å². The molecule has 0 saturated heterocycles. The molecule has 0 saturated carbocycles. The fraction of sp³-hybridized carbons (Fsp3) is 0.364. The lowest BCUT2D eigenvalue weighted by molar-refractivity contribution is -0.944. The maximum absolute atomic E-state index is 11.1. The lowest BCUT2D eigenvalue weighted by Gasteiger charge is -2.19. The summed E-state index contributed by atoms with van der Waals surface area (Å²) in [6, 6.07) is 1.54. The van der Waals surface area contributed by atoms with E-state index in [1.54, 1.807) is 0 Å². The average Bonchev–Trinajstić information content (AvgIpc) is 2.96. The van der Waals surface area contributed by atoms with Gasteiger partial charge in [0.25, 0.3) is 34.1 Å². The van der Waals surface area contributed by atoms with Gasteiger partial charge in [-0.2, -0.15) is 0 Å². The lowest BCUT2D eigenvalue weighted by atomic mass is 10.2. The Morgan fingerprint density at radius 1 is 0.609 bits per heavy atom. The molecule has 0 heterocycles. The Hall–Kier alpha value is -5.32. The Balaban J connectivity index is 0.000000663. The quantitative estimate of drug-likeness (QED) is 0.107. The van der Waals surface area contributed by atoms with E-state index in [0.29, 0.717) is 36.0 Å². The summed E-state index contributed by atoms with van der Waals surface area (Å²) in [4.78, 5) is 58.0. The molecule has 1 atom stereocenters. The van der Waals surface area contributed by atoms with Crippen LogP contribution in [0.3, 0.4) is 0 Å². The SMILES string of the molecule is C=CC[NH+](C)CC[NH+](CCCl)CCCl.O=[N+]([O-])c1cc([N+](=O)[O-])c([O-])c([N+](=O)[O-])c1.O=[N+]([O-])c1cc([N+](=O)[O-])c([O-])c([N+](=O)[O-])c1. The largest absolute Gasteiger partial charge is 0.863 e. The van der Waals surface area contributed by atoms with Crippen molar-refractivity contribution in [2.75, 3.05) is 51.5 Å². The first-order valence-corrected chi connectivity index (χ1v) is 13.4. The number of nitro benzene ring substituents is 6. The van der Waals surface area contributed by atoms with Crippen molar-refractivity contribution in [3.05, 3.63) is 97.6 Å². The van der Waals surface area contributed by atoms with Crippen molar-refractivity contribution in [2.24, 2.45) is 0 Å². The van der Waals surface area contributed by atoms with Crippen molar-refractivity contribution in [1.82, 2.24) is 0 Å². The molecule has 2 rings (SSSR count). The summed E-state index contributed by atoms with van der Waals surface area (Å²) < 4.78 is 0. The van der Waals surface area contributed by atoms with E-state index < -0.39 is 75.2 Å². The standard InChI is InChI=1S/C10H20Cl2N2.2C6H3N3O7/c1-3-6-13(2)9-10-14(7-4-11)8-5-12;2*10-6-4(8(13)14)1-3(7(11)12)2-5(6)9(15)16/h3H,1,4-10H2,2H3;2*1-2,10H. The third kappa shape index (κ3) is 13.1. The summed E-state index contributed by atoms with van der Waals surface area (Å²) in [7, 11) is 2.18. The molecule has 0 aliphatic carbocycles. The third-order valence-corrected chi connectivity index (χ3v) is 5.95. The Morgan fingerprint density at radius 3 is 1.13 bits per heavy atom. The van der Waals surface area contributed by atoms with Crippen LogP contribution >= 0.6 is 23.2 Å². The van der Waals surface area contributed by atoms with Crippen molar-refractivity contribution >= 4 is 57.3 Å². The van der Waals surface area contributed by atoms with E-state index in [0.717, 1.165) is 32.7 Å². The molecule has 0 spiro atoms. The Labute approximate surface area is 267 Å². The molecule has 0 radical (unpaired) electrons. The van der Waals surface area contributed by atoms with Crippen LogP contribution in [0.5, 0.6) is 11.5 Å². The van der Waals surface area contributed by atoms with Gasteiger partial charge in [-0.1, -0.05) is 6.58 Å². The molecule has 46 heavy (non-hydrogen) atoms. The zero-order chi connectivity index (χ0) is 35.7. The molecule has 0 amide bonds. The second kappa shape index (κ2) is 19.9. The maximum atomic E-state index is 11.1. The lowest BCUT2D eigenvalue weighted by Crippen LogP contribution is -3.19. The van der Waals surface area contributed by atoms with E-state index in [1.165, 1.54) is 9.80 Å². The van der Waals surface area contributed by atoms with Crippen LogP contribution in [0, 0.1) is 60.7 Å². The molecule has 24 heteroatoms. The van der Waals surface area contributed by atoms with Gasteiger partial charge in [0.05, 0.1) is 104 Å². The summed E-state index contributed by atoms with van der Waals surface area (Å²) in [6.07, 6.45) is 1.96. The van der Waals surface area contributed by atoms with E-state index in [-0.39, 0.29) is 0 Å². The van der Waals surface area contributed by atoms with Gasteiger partial charge in [0.1, 0.15) is 13.1 Å². The van der Waals surface area contributed by atoms with Crippen LogP contribution in [0.25, 0.3) is 0 Å². The van der Waals surface area contributed by atoms with Gasteiger partial charge >= 0.3 is 0 Å². The second-order valence-electron chi connectivity index (χ2n) is 8.75. The summed E-state index contributed by atoms with van der Waals surface area (Å²) in [5.74, 6) is -1.49. The van der Waals surface area contributed by atoms with E-state index in [1.807, 2.05) is 6.08 Å². The number of hydrogen-bond acceptors (Lipinski definition) is 14. The summed E-state index contributed by atoms with van der Waals surface area (Å²) in [5, 5.41) is 84.2. The van der Waals surface area contributed by atoms with Crippen LogP contribution < -0.4 is 20.0 Å². The highest BCUT2D eigenvalue weighted by atomic mass is 35.5. The zero-order valence-electron chi connectivity index (χ0n) is 23.7.